The molecule has 0 heterocycles. The number of carbonyl (C=O) groups is 2. The van der Waals surface area contributed by atoms with E-state index in [1.165, 1.54) is 0 Å². The van der Waals surface area contributed by atoms with Gasteiger partial charge >= 0.3 is 5.97 Å². The molecule has 0 radical (unpaired) electrons. The van der Waals surface area contributed by atoms with Crippen LogP contribution in [0.15, 0.2) is 24.3 Å². The fourth-order valence-electron chi connectivity index (χ4n) is 1.49. The van der Waals surface area contributed by atoms with Gasteiger partial charge in [-0.15, -0.1) is 0 Å². The Bertz CT molecular complexity index is 414. The number of carboxylic acids is 1. The van der Waals surface area contributed by atoms with Gasteiger partial charge in [-0.1, -0.05) is 19.1 Å². The summed E-state index contributed by atoms with van der Waals surface area (Å²) in [6.07, 6.45) is 0.471. The van der Waals surface area contributed by atoms with Crippen LogP contribution >= 0.6 is 0 Å². The summed E-state index contributed by atoms with van der Waals surface area (Å²) in [7, 11) is 0. The zero-order valence-corrected chi connectivity index (χ0v) is 10.2. The van der Waals surface area contributed by atoms with Gasteiger partial charge in [0.25, 0.3) is 5.91 Å². The van der Waals surface area contributed by atoms with Crippen molar-refractivity contribution in [2.75, 3.05) is 6.54 Å². The first-order valence-corrected chi connectivity index (χ1v) is 5.79. The molecule has 1 amide bonds. The normalized spacial score (nSPS) is 11.9. The van der Waals surface area contributed by atoms with E-state index in [-0.39, 0.29) is 19.1 Å². The van der Waals surface area contributed by atoms with Crippen molar-refractivity contribution in [1.29, 1.82) is 0 Å². The maximum atomic E-state index is 11.7. The third-order valence-corrected chi connectivity index (χ3v) is 2.75. The number of amides is 1. The highest BCUT2D eigenvalue weighted by Crippen LogP contribution is 2.05. The number of carbonyl (C=O) groups excluding carboxylic acids is 1. The number of hydrogen-bond acceptors (Lipinski definition) is 3. The summed E-state index contributed by atoms with van der Waals surface area (Å²) in [5.41, 5.74) is 1.18. The summed E-state index contributed by atoms with van der Waals surface area (Å²) in [5.74, 6) is -1.78. The average Bonchev–Trinajstić information content (AvgIpc) is 2.39. The smallest absolute Gasteiger partial charge is 0.308 e. The van der Waals surface area contributed by atoms with E-state index in [1.807, 2.05) is 0 Å². The second-order valence-corrected chi connectivity index (χ2v) is 4.01. The molecule has 5 nitrogen and oxygen atoms in total. The van der Waals surface area contributed by atoms with Gasteiger partial charge in [0.2, 0.25) is 0 Å². The Morgan fingerprint density at radius 3 is 2.33 bits per heavy atom. The predicted octanol–water partition coefficient (Wildman–Crippen LogP) is 1.02. The van der Waals surface area contributed by atoms with Crippen molar-refractivity contribution >= 4 is 11.9 Å². The van der Waals surface area contributed by atoms with Crippen LogP contribution < -0.4 is 5.32 Å². The van der Waals surface area contributed by atoms with Crippen molar-refractivity contribution in [3.63, 3.8) is 0 Å². The Kier molecular flexibility index (Phi) is 5.32. The van der Waals surface area contributed by atoms with Crippen molar-refractivity contribution < 1.29 is 19.8 Å². The van der Waals surface area contributed by atoms with E-state index in [0.29, 0.717) is 12.0 Å². The Balaban J connectivity index is 2.56. The van der Waals surface area contributed by atoms with Crippen LogP contribution in [0.4, 0.5) is 0 Å². The van der Waals surface area contributed by atoms with E-state index in [2.05, 4.69) is 5.32 Å². The van der Waals surface area contributed by atoms with Crippen LogP contribution in [0.5, 0.6) is 0 Å². The van der Waals surface area contributed by atoms with Gasteiger partial charge < -0.3 is 15.5 Å². The SMILES string of the molecule is CCC(CNC(=O)c1ccc(CO)cc1)C(=O)O. The van der Waals surface area contributed by atoms with Crippen molar-refractivity contribution in [1.82, 2.24) is 5.32 Å². The molecule has 0 saturated carbocycles. The molecule has 0 aliphatic carbocycles. The third kappa shape index (κ3) is 3.85. The van der Waals surface area contributed by atoms with Crippen LogP contribution in [-0.4, -0.2) is 28.6 Å². The van der Waals surface area contributed by atoms with Crippen LogP contribution in [0.3, 0.4) is 0 Å². The topological polar surface area (TPSA) is 86.6 Å². The van der Waals surface area contributed by atoms with Crippen LogP contribution in [0.1, 0.15) is 29.3 Å². The van der Waals surface area contributed by atoms with E-state index in [9.17, 15) is 9.59 Å². The molecule has 0 aliphatic heterocycles. The zero-order valence-electron chi connectivity index (χ0n) is 10.2. The van der Waals surface area contributed by atoms with Crippen LogP contribution in [0.25, 0.3) is 0 Å². The van der Waals surface area contributed by atoms with Gasteiger partial charge in [-0.2, -0.15) is 0 Å². The lowest BCUT2D eigenvalue weighted by molar-refractivity contribution is -0.141. The first-order valence-electron chi connectivity index (χ1n) is 5.79. The number of aliphatic hydroxyl groups excluding tert-OH is 1. The molecule has 0 fully saturated rings. The first-order chi connectivity index (χ1) is 8.58. The summed E-state index contributed by atoms with van der Waals surface area (Å²) in [6.45, 7) is 1.81. The minimum Gasteiger partial charge on any atom is -0.481 e. The molecular weight excluding hydrogens is 234 g/mol. The van der Waals surface area contributed by atoms with Crippen LogP contribution in [0.2, 0.25) is 0 Å². The standard InChI is InChI=1S/C13H17NO4/c1-2-10(13(17)18)7-14-12(16)11-5-3-9(8-15)4-6-11/h3-6,10,15H,2,7-8H2,1H3,(H,14,16)(H,17,18). The van der Waals surface area contributed by atoms with Gasteiger partial charge in [-0.25, -0.2) is 0 Å². The third-order valence-electron chi connectivity index (χ3n) is 2.75. The Morgan fingerprint density at radius 1 is 1.28 bits per heavy atom. The van der Waals surface area contributed by atoms with E-state index in [0.717, 1.165) is 5.56 Å². The van der Waals surface area contributed by atoms with Crippen molar-refractivity contribution in [3.8, 4) is 0 Å². The summed E-state index contributed by atoms with van der Waals surface area (Å²) in [4.78, 5) is 22.5. The van der Waals surface area contributed by atoms with Gasteiger partial charge in [-0.05, 0) is 24.1 Å². The Hall–Kier alpha value is -1.88. The molecule has 1 unspecified atom stereocenters. The zero-order chi connectivity index (χ0) is 13.5. The molecule has 5 heteroatoms. The molecule has 0 aliphatic rings. The summed E-state index contributed by atoms with van der Waals surface area (Å²) >= 11 is 0. The molecule has 0 spiro atoms. The second kappa shape index (κ2) is 6.76. The molecule has 3 N–H and O–H groups in total. The van der Waals surface area contributed by atoms with Gasteiger partial charge in [0.05, 0.1) is 12.5 Å². The lowest BCUT2D eigenvalue weighted by Gasteiger charge is -2.11. The largest absolute Gasteiger partial charge is 0.481 e. The number of rotatable bonds is 6. The van der Waals surface area contributed by atoms with E-state index in [4.69, 9.17) is 10.2 Å². The highest BCUT2D eigenvalue weighted by Gasteiger charge is 2.16. The van der Waals surface area contributed by atoms with Crippen LogP contribution in [-0.2, 0) is 11.4 Å². The Labute approximate surface area is 105 Å². The average molecular weight is 251 g/mol. The summed E-state index contributed by atoms with van der Waals surface area (Å²) in [6, 6.07) is 6.51. The molecule has 1 rings (SSSR count). The van der Waals surface area contributed by atoms with Crippen molar-refractivity contribution in [3.05, 3.63) is 35.4 Å². The number of aliphatic hydroxyl groups is 1. The van der Waals surface area contributed by atoms with Gasteiger partial charge in [-0.3, -0.25) is 9.59 Å². The lowest BCUT2D eigenvalue weighted by Crippen LogP contribution is -2.32. The number of benzene rings is 1. The highest BCUT2D eigenvalue weighted by atomic mass is 16.4. The molecule has 1 atom stereocenters. The minimum absolute atomic E-state index is 0.0706. The Morgan fingerprint density at radius 2 is 1.89 bits per heavy atom. The molecule has 1 aromatic rings. The maximum absolute atomic E-state index is 11.7. The molecular formula is C13H17NO4. The van der Waals surface area contributed by atoms with E-state index in [1.54, 1.807) is 31.2 Å². The predicted molar refractivity (Wildman–Crippen MR) is 66.1 cm³/mol. The maximum Gasteiger partial charge on any atom is 0.308 e. The fourth-order valence-corrected chi connectivity index (χ4v) is 1.49. The molecule has 0 bridgehead atoms. The number of carboxylic acid groups (broad SMARTS) is 1. The minimum atomic E-state index is -0.909. The molecule has 98 valence electrons. The first kappa shape index (κ1) is 14.2. The highest BCUT2D eigenvalue weighted by molar-refractivity contribution is 5.94. The fraction of sp³-hybridized carbons (Fsp3) is 0.385. The molecule has 18 heavy (non-hydrogen) atoms. The van der Waals surface area contributed by atoms with Crippen molar-refractivity contribution in [2.24, 2.45) is 5.92 Å². The summed E-state index contributed by atoms with van der Waals surface area (Å²) in [5, 5.41) is 20.3. The van der Waals surface area contributed by atoms with Gasteiger partial charge in [0.1, 0.15) is 0 Å². The number of aliphatic carboxylic acids is 1. The lowest BCUT2D eigenvalue weighted by atomic mass is 10.1. The monoisotopic (exact) mass is 251 g/mol. The van der Waals surface area contributed by atoms with E-state index >= 15 is 0 Å². The van der Waals surface area contributed by atoms with Gasteiger partial charge in [0, 0.05) is 12.1 Å². The number of hydrogen-bond donors (Lipinski definition) is 3. The van der Waals surface area contributed by atoms with Crippen molar-refractivity contribution in [2.45, 2.75) is 20.0 Å². The molecule has 0 saturated heterocycles. The molecule has 0 aromatic heterocycles. The quantitative estimate of drug-likeness (QED) is 0.704. The van der Waals surface area contributed by atoms with Gasteiger partial charge in [0.15, 0.2) is 0 Å². The molecule has 1 aromatic carbocycles. The van der Waals surface area contributed by atoms with E-state index < -0.39 is 11.9 Å². The second-order valence-electron chi connectivity index (χ2n) is 4.01. The van der Waals surface area contributed by atoms with Crippen LogP contribution in [0, 0.1) is 5.92 Å². The number of nitrogens with one attached hydrogen (secondary N) is 1. The summed E-state index contributed by atoms with van der Waals surface area (Å²) < 4.78 is 0.